The number of nitrogens with one attached hydrogen (secondary N) is 1. The van der Waals surface area contributed by atoms with E-state index >= 15 is 0 Å². The van der Waals surface area contributed by atoms with Crippen molar-refractivity contribution in [2.45, 2.75) is 13.3 Å². The summed E-state index contributed by atoms with van der Waals surface area (Å²) in [6, 6.07) is 9.12. The third-order valence-electron chi connectivity index (χ3n) is 1.81. The molecule has 0 aromatic heterocycles. The predicted molar refractivity (Wildman–Crippen MR) is 53.6 cm³/mol. The molecular formula is C10H14ClN. The largest absolute Gasteiger partial charge is 0.304 e. The zero-order valence-corrected chi connectivity index (χ0v) is 8.06. The van der Waals surface area contributed by atoms with Crippen molar-refractivity contribution in [3.8, 4) is 0 Å². The lowest BCUT2D eigenvalue weighted by Crippen LogP contribution is -2.14. The van der Waals surface area contributed by atoms with Gasteiger partial charge in [-0.25, -0.2) is 0 Å². The monoisotopic (exact) mass is 183 g/mol. The van der Waals surface area contributed by atoms with Gasteiger partial charge in [-0.1, -0.05) is 29.8 Å². The standard InChI is InChI=1S/C10H14ClN/c1-9-2-4-10(5-3-9)6-7-12-8-11/h2-5,12H,6-8H2,1H3. The van der Waals surface area contributed by atoms with E-state index in [0.29, 0.717) is 6.00 Å². The average Bonchev–Trinajstić information content (AvgIpc) is 2.09. The lowest BCUT2D eigenvalue weighted by Gasteiger charge is -2.01. The number of hydrogen-bond acceptors (Lipinski definition) is 1. The van der Waals surface area contributed by atoms with Gasteiger partial charge in [-0.3, -0.25) is 0 Å². The number of aryl methyl sites for hydroxylation is 1. The van der Waals surface area contributed by atoms with Crippen molar-refractivity contribution < 1.29 is 0 Å². The Morgan fingerprint density at radius 2 is 1.92 bits per heavy atom. The van der Waals surface area contributed by atoms with Crippen LogP contribution in [0.2, 0.25) is 0 Å². The molecule has 1 rings (SSSR count). The first-order valence-corrected chi connectivity index (χ1v) is 4.68. The van der Waals surface area contributed by atoms with Gasteiger partial charge < -0.3 is 5.32 Å². The number of benzene rings is 1. The van der Waals surface area contributed by atoms with E-state index in [1.165, 1.54) is 11.1 Å². The van der Waals surface area contributed by atoms with E-state index in [4.69, 9.17) is 11.6 Å². The summed E-state index contributed by atoms with van der Waals surface area (Å²) in [6.07, 6.45) is 1.05. The van der Waals surface area contributed by atoms with E-state index in [0.717, 1.165) is 13.0 Å². The summed E-state index contributed by atoms with van der Waals surface area (Å²) in [5.74, 6) is 0. The van der Waals surface area contributed by atoms with Crippen LogP contribution in [0.1, 0.15) is 11.1 Å². The summed E-state index contributed by atoms with van der Waals surface area (Å²) >= 11 is 5.48. The third kappa shape index (κ3) is 3.24. The van der Waals surface area contributed by atoms with Crippen LogP contribution in [0, 0.1) is 6.92 Å². The van der Waals surface area contributed by atoms with Crippen LogP contribution in [0.5, 0.6) is 0 Å². The molecule has 2 heteroatoms. The molecule has 0 saturated heterocycles. The van der Waals surface area contributed by atoms with Crippen molar-refractivity contribution in [1.29, 1.82) is 0 Å². The zero-order chi connectivity index (χ0) is 8.81. The molecule has 0 aliphatic heterocycles. The third-order valence-corrected chi connectivity index (χ3v) is 1.99. The van der Waals surface area contributed by atoms with Crippen LogP contribution < -0.4 is 5.32 Å². The Morgan fingerprint density at radius 1 is 1.25 bits per heavy atom. The Kier molecular flexibility index (Phi) is 4.12. The van der Waals surface area contributed by atoms with Gasteiger partial charge in [0.1, 0.15) is 0 Å². The van der Waals surface area contributed by atoms with Crippen molar-refractivity contribution in [3.05, 3.63) is 35.4 Å². The first-order valence-electron chi connectivity index (χ1n) is 4.15. The first-order chi connectivity index (χ1) is 5.83. The minimum atomic E-state index is 0.534. The van der Waals surface area contributed by atoms with Gasteiger partial charge in [0.05, 0.1) is 6.00 Å². The summed E-state index contributed by atoms with van der Waals surface area (Å²) in [4.78, 5) is 0. The van der Waals surface area contributed by atoms with E-state index in [2.05, 4.69) is 36.5 Å². The van der Waals surface area contributed by atoms with Crippen LogP contribution in [-0.4, -0.2) is 12.5 Å². The lowest BCUT2D eigenvalue weighted by molar-refractivity contribution is 0.770. The van der Waals surface area contributed by atoms with E-state index in [1.807, 2.05) is 0 Å². The normalized spacial score (nSPS) is 10.2. The van der Waals surface area contributed by atoms with Crippen LogP contribution in [-0.2, 0) is 6.42 Å². The highest BCUT2D eigenvalue weighted by Gasteiger charge is 1.90. The molecule has 0 radical (unpaired) electrons. The quantitative estimate of drug-likeness (QED) is 0.429. The van der Waals surface area contributed by atoms with Crippen LogP contribution in [0.25, 0.3) is 0 Å². The lowest BCUT2D eigenvalue weighted by atomic mass is 10.1. The minimum Gasteiger partial charge on any atom is -0.304 e. The smallest absolute Gasteiger partial charge is 0.0713 e. The summed E-state index contributed by atoms with van der Waals surface area (Å²) < 4.78 is 0. The van der Waals surface area contributed by atoms with E-state index in [1.54, 1.807) is 0 Å². The molecule has 0 heterocycles. The minimum absolute atomic E-state index is 0.534. The molecule has 0 saturated carbocycles. The molecule has 1 nitrogen and oxygen atoms in total. The molecule has 0 unspecified atom stereocenters. The molecule has 0 fully saturated rings. The van der Waals surface area contributed by atoms with Crippen molar-refractivity contribution in [1.82, 2.24) is 5.32 Å². The number of hydrogen-bond donors (Lipinski definition) is 1. The van der Waals surface area contributed by atoms with Gasteiger partial charge in [0, 0.05) is 6.54 Å². The predicted octanol–water partition coefficient (Wildman–Crippen LogP) is 2.32. The average molecular weight is 184 g/mol. The molecule has 1 N–H and O–H groups in total. The summed E-state index contributed by atoms with van der Waals surface area (Å²) in [6.45, 7) is 3.05. The number of rotatable bonds is 4. The van der Waals surface area contributed by atoms with Gasteiger partial charge in [0.2, 0.25) is 0 Å². The first kappa shape index (κ1) is 9.56. The maximum atomic E-state index is 5.48. The van der Waals surface area contributed by atoms with E-state index < -0.39 is 0 Å². The summed E-state index contributed by atoms with van der Waals surface area (Å²) in [5.41, 5.74) is 2.67. The Balaban J connectivity index is 2.37. The van der Waals surface area contributed by atoms with Crippen LogP contribution >= 0.6 is 11.6 Å². The van der Waals surface area contributed by atoms with Crippen LogP contribution in [0.15, 0.2) is 24.3 Å². The van der Waals surface area contributed by atoms with Gasteiger partial charge in [-0.15, -0.1) is 11.6 Å². The van der Waals surface area contributed by atoms with Crippen molar-refractivity contribution >= 4 is 11.6 Å². The molecule has 0 bridgehead atoms. The molecule has 0 atom stereocenters. The highest BCUT2D eigenvalue weighted by atomic mass is 35.5. The second-order valence-electron chi connectivity index (χ2n) is 2.87. The van der Waals surface area contributed by atoms with Crippen molar-refractivity contribution in [3.63, 3.8) is 0 Å². The number of alkyl halides is 1. The highest BCUT2D eigenvalue weighted by Crippen LogP contribution is 2.02. The van der Waals surface area contributed by atoms with Gasteiger partial charge in [0.25, 0.3) is 0 Å². The topological polar surface area (TPSA) is 12.0 Å². The molecular weight excluding hydrogens is 170 g/mol. The maximum absolute atomic E-state index is 5.48. The molecule has 0 spiro atoms. The van der Waals surface area contributed by atoms with Gasteiger partial charge in [0.15, 0.2) is 0 Å². The fourth-order valence-electron chi connectivity index (χ4n) is 1.05. The Labute approximate surface area is 78.7 Å². The second kappa shape index (κ2) is 5.18. The Bertz CT molecular complexity index is 218. The van der Waals surface area contributed by atoms with Crippen molar-refractivity contribution in [2.24, 2.45) is 0 Å². The van der Waals surface area contributed by atoms with Crippen LogP contribution in [0.3, 0.4) is 0 Å². The van der Waals surface area contributed by atoms with Gasteiger partial charge >= 0.3 is 0 Å². The van der Waals surface area contributed by atoms with Gasteiger partial charge in [-0.2, -0.15) is 0 Å². The molecule has 12 heavy (non-hydrogen) atoms. The molecule has 66 valence electrons. The van der Waals surface area contributed by atoms with Crippen LogP contribution in [0.4, 0.5) is 0 Å². The molecule has 0 amide bonds. The summed E-state index contributed by atoms with van der Waals surface area (Å²) in [7, 11) is 0. The fourth-order valence-corrected chi connectivity index (χ4v) is 1.19. The Morgan fingerprint density at radius 3 is 2.50 bits per heavy atom. The zero-order valence-electron chi connectivity index (χ0n) is 7.31. The summed E-state index contributed by atoms with van der Waals surface area (Å²) in [5, 5.41) is 3.08. The highest BCUT2D eigenvalue weighted by molar-refractivity contribution is 6.17. The number of halogens is 1. The SMILES string of the molecule is Cc1ccc(CCNCCl)cc1. The van der Waals surface area contributed by atoms with E-state index in [9.17, 15) is 0 Å². The molecule has 0 aliphatic carbocycles. The fraction of sp³-hybridized carbons (Fsp3) is 0.400. The van der Waals surface area contributed by atoms with Crippen molar-refractivity contribution in [2.75, 3.05) is 12.5 Å². The molecule has 1 aromatic carbocycles. The maximum Gasteiger partial charge on any atom is 0.0713 e. The molecule has 0 aliphatic rings. The Hall–Kier alpha value is -0.530. The molecule has 1 aromatic rings. The second-order valence-corrected chi connectivity index (χ2v) is 3.14. The van der Waals surface area contributed by atoms with Gasteiger partial charge in [-0.05, 0) is 18.9 Å². The van der Waals surface area contributed by atoms with E-state index in [-0.39, 0.29) is 0 Å².